The lowest BCUT2D eigenvalue weighted by Crippen LogP contribution is -1.96. The van der Waals surface area contributed by atoms with Crippen molar-refractivity contribution in [3.8, 4) is 18.1 Å². The van der Waals surface area contributed by atoms with E-state index >= 15 is 0 Å². The first-order valence-electron chi connectivity index (χ1n) is 4.17. The van der Waals surface area contributed by atoms with E-state index in [0.29, 0.717) is 6.61 Å². The fraction of sp³-hybridized carbons (Fsp3) is 0.273. The highest BCUT2D eigenvalue weighted by atomic mass is 79.9. The average Bonchev–Trinajstić information content (AvgIpc) is 2.16. The Hall–Kier alpha value is -0.940. The van der Waals surface area contributed by atoms with E-state index in [9.17, 15) is 0 Å². The summed E-state index contributed by atoms with van der Waals surface area (Å²) in [7, 11) is 0. The third kappa shape index (κ3) is 2.50. The Kier molecular flexibility index (Phi) is 3.85. The van der Waals surface area contributed by atoms with Gasteiger partial charge in [-0.1, -0.05) is 18.9 Å². The van der Waals surface area contributed by atoms with Crippen molar-refractivity contribution in [3.63, 3.8) is 0 Å². The monoisotopic (exact) mass is 238 g/mol. The van der Waals surface area contributed by atoms with Crippen LogP contribution in [0.15, 0.2) is 22.7 Å². The number of rotatable bonds is 3. The average molecular weight is 239 g/mol. The van der Waals surface area contributed by atoms with E-state index in [1.165, 1.54) is 0 Å². The van der Waals surface area contributed by atoms with Crippen LogP contribution in [0.5, 0.6) is 5.75 Å². The van der Waals surface area contributed by atoms with E-state index in [2.05, 4.69) is 28.8 Å². The predicted octanol–water partition coefficient (Wildman–Crippen LogP) is 3.22. The second-order valence-corrected chi connectivity index (χ2v) is 3.40. The first-order valence-corrected chi connectivity index (χ1v) is 4.96. The van der Waals surface area contributed by atoms with Crippen molar-refractivity contribution >= 4 is 15.9 Å². The van der Waals surface area contributed by atoms with Crippen LogP contribution in [-0.4, -0.2) is 6.61 Å². The lowest BCUT2D eigenvalue weighted by molar-refractivity contribution is 0.315. The Morgan fingerprint density at radius 3 is 2.92 bits per heavy atom. The van der Waals surface area contributed by atoms with Gasteiger partial charge < -0.3 is 4.74 Å². The smallest absolute Gasteiger partial charge is 0.134 e. The Balaban J connectivity index is 2.90. The van der Waals surface area contributed by atoms with Crippen LogP contribution >= 0.6 is 15.9 Å². The third-order valence-electron chi connectivity index (χ3n) is 1.58. The molecule has 0 saturated carbocycles. The molecular weight excluding hydrogens is 228 g/mol. The molecule has 1 nitrogen and oxygen atoms in total. The van der Waals surface area contributed by atoms with Gasteiger partial charge in [0.25, 0.3) is 0 Å². The van der Waals surface area contributed by atoms with E-state index < -0.39 is 0 Å². The molecule has 0 heterocycles. The normalized spacial score (nSPS) is 9.31. The fourth-order valence-electron chi connectivity index (χ4n) is 0.946. The number of hydrogen-bond donors (Lipinski definition) is 0. The molecule has 2 heteroatoms. The molecule has 0 bridgehead atoms. The molecule has 0 aliphatic carbocycles. The molecule has 0 unspecified atom stereocenters. The number of ether oxygens (including phenoxy) is 1. The number of hydrogen-bond acceptors (Lipinski definition) is 1. The van der Waals surface area contributed by atoms with Crippen LogP contribution in [0.25, 0.3) is 0 Å². The van der Waals surface area contributed by atoms with Gasteiger partial charge in [-0.2, -0.15) is 0 Å². The summed E-state index contributed by atoms with van der Waals surface area (Å²) in [6, 6.07) is 5.68. The zero-order chi connectivity index (χ0) is 9.68. The maximum atomic E-state index is 5.49. The summed E-state index contributed by atoms with van der Waals surface area (Å²) >= 11 is 3.40. The summed E-state index contributed by atoms with van der Waals surface area (Å²) in [5, 5.41) is 0. The number of terminal acetylenes is 1. The molecule has 0 radical (unpaired) electrons. The van der Waals surface area contributed by atoms with Gasteiger partial charge >= 0.3 is 0 Å². The highest BCUT2D eigenvalue weighted by molar-refractivity contribution is 9.10. The Bertz CT molecular complexity index is 325. The molecule has 0 atom stereocenters. The van der Waals surface area contributed by atoms with Gasteiger partial charge in [0.2, 0.25) is 0 Å². The lowest BCUT2D eigenvalue weighted by Gasteiger charge is -2.07. The van der Waals surface area contributed by atoms with Gasteiger partial charge in [-0.25, -0.2) is 0 Å². The number of halogens is 1. The molecule has 0 aliphatic heterocycles. The molecule has 0 spiro atoms. The molecule has 0 aromatic heterocycles. The maximum absolute atomic E-state index is 5.49. The molecule has 0 N–H and O–H groups in total. The largest absolute Gasteiger partial charge is 0.492 e. The third-order valence-corrected chi connectivity index (χ3v) is 2.40. The van der Waals surface area contributed by atoms with E-state index in [4.69, 9.17) is 11.2 Å². The van der Waals surface area contributed by atoms with Crippen molar-refractivity contribution in [2.45, 2.75) is 13.3 Å². The molecular formula is C11H11BrO. The van der Waals surface area contributed by atoms with Crippen molar-refractivity contribution in [2.75, 3.05) is 6.61 Å². The Morgan fingerprint density at radius 2 is 2.31 bits per heavy atom. The summed E-state index contributed by atoms with van der Waals surface area (Å²) in [5.74, 6) is 3.40. The van der Waals surface area contributed by atoms with Crippen LogP contribution in [-0.2, 0) is 0 Å². The van der Waals surface area contributed by atoms with Crippen LogP contribution in [0.2, 0.25) is 0 Å². The summed E-state index contributed by atoms with van der Waals surface area (Å²) in [4.78, 5) is 0. The van der Waals surface area contributed by atoms with Crippen molar-refractivity contribution in [1.82, 2.24) is 0 Å². The van der Waals surface area contributed by atoms with Crippen LogP contribution in [0.1, 0.15) is 18.9 Å². The topological polar surface area (TPSA) is 9.23 Å². The molecule has 13 heavy (non-hydrogen) atoms. The standard InChI is InChI=1S/C11H11BrO/c1-3-8-13-10-7-5-6-9(4-2)11(10)12/h2,5-7H,3,8H2,1H3. The van der Waals surface area contributed by atoms with Crippen LogP contribution in [0.3, 0.4) is 0 Å². The second kappa shape index (κ2) is 4.94. The summed E-state index contributed by atoms with van der Waals surface area (Å²) < 4.78 is 6.35. The van der Waals surface area contributed by atoms with Crippen molar-refractivity contribution in [1.29, 1.82) is 0 Å². The number of benzene rings is 1. The molecule has 68 valence electrons. The minimum absolute atomic E-state index is 0.715. The molecule has 0 saturated heterocycles. The zero-order valence-corrected chi connectivity index (χ0v) is 9.10. The van der Waals surface area contributed by atoms with Gasteiger partial charge in [0, 0.05) is 5.56 Å². The Morgan fingerprint density at radius 1 is 1.54 bits per heavy atom. The fourth-order valence-corrected chi connectivity index (χ4v) is 1.44. The molecule has 1 aromatic carbocycles. The zero-order valence-electron chi connectivity index (χ0n) is 7.51. The van der Waals surface area contributed by atoms with Crippen LogP contribution < -0.4 is 4.74 Å². The molecule has 0 aliphatic rings. The summed E-state index contributed by atoms with van der Waals surface area (Å²) in [6.45, 7) is 2.78. The minimum atomic E-state index is 0.715. The van der Waals surface area contributed by atoms with Gasteiger partial charge in [-0.05, 0) is 34.5 Å². The van der Waals surface area contributed by atoms with Gasteiger partial charge in [0.1, 0.15) is 5.75 Å². The van der Waals surface area contributed by atoms with Gasteiger partial charge in [-0.15, -0.1) is 6.42 Å². The van der Waals surface area contributed by atoms with E-state index in [-0.39, 0.29) is 0 Å². The SMILES string of the molecule is C#Cc1cccc(OCCC)c1Br. The molecule has 0 amide bonds. The molecule has 0 fully saturated rings. The maximum Gasteiger partial charge on any atom is 0.134 e. The van der Waals surface area contributed by atoms with Crippen molar-refractivity contribution < 1.29 is 4.74 Å². The molecule has 1 rings (SSSR count). The van der Waals surface area contributed by atoms with E-state index in [1.54, 1.807) is 0 Å². The highest BCUT2D eigenvalue weighted by Gasteiger charge is 2.03. The Labute approximate surface area is 87.2 Å². The van der Waals surface area contributed by atoms with Crippen molar-refractivity contribution in [2.24, 2.45) is 0 Å². The van der Waals surface area contributed by atoms with Crippen LogP contribution in [0.4, 0.5) is 0 Å². The lowest BCUT2D eigenvalue weighted by atomic mass is 10.2. The first kappa shape index (κ1) is 10.1. The van der Waals surface area contributed by atoms with E-state index in [1.807, 2.05) is 18.2 Å². The quantitative estimate of drug-likeness (QED) is 0.736. The second-order valence-electron chi connectivity index (χ2n) is 2.61. The van der Waals surface area contributed by atoms with E-state index in [0.717, 1.165) is 22.2 Å². The minimum Gasteiger partial charge on any atom is -0.492 e. The predicted molar refractivity (Wildman–Crippen MR) is 57.9 cm³/mol. The summed E-state index contributed by atoms with van der Waals surface area (Å²) in [5.41, 5.74) is 0.827. The van der Waals surface area contributed by atoms with Gasteiger partial charge in [-0.3, -0.25) is 0 Å². The highest BCUT2D eigenvalue weighted by Crippen LogP contribution is 2.27. The summed E-state index contributed by atoms with van der Waals surface area (Å²) in [6.07, 6.45) is 6.31. The molecule has 1 aromatic rings. The van der Waals surface area contributed by atoms with Gasteiger partial charge in [0.05, 0.1) is 11.1 Å². The van der Waals surface area contributed by atoms with Crippen molar-refractivity contribution in [3.05, 3.63) is 28.2 Å². The first-order chi connectivity index (χ1) is 6.29. The van der Waals surface area contributed by atoms with Crippen LogP contribution in [0, 0.1) is 12.3 Å². The van der Waals surface area contributed by atoms with Gasteiger partial charge in [0.15, 0.2) is 0 Å².